The monoisotopic (exact) mass is 270 g/mol. The van der Waals surface area contributed by atoms with Gasteiger partial charge in [0.2, 0.25) is 0 Å². The van der Waals surface area contributed by atoms with Gasteiger partial charge in [0.1, 0.15) is 0 Å². The topological polar surface area (TPSA) is 15.3 Å². The first kappa shape index (κ1) is 12.8. The number of nitrogens with one attached hydrogen (secondary N) is 1. The van der Waals surface area contributed by atoms with E-state index in [0.29, 0.717) is 0 Å². The molecule has 0 amide bonds. The Morgan fingerprint density at radius 1 is 1.05 bits per heavy atom. The van der Waals surface area contributed by atoms with Gasteiger partial charge in [-0.15, -0.1) is 0 Å². The lowest BCUT2D eigenvalue weighted by molar-refractivity contribution is -0.0382. The first-order valence-corrected chi connectivity index (χ1v) is 8.42. The molecule has 3 saturated heterocycles. The molecular formula is C18H26N2. The smallest absolute Gasteiger partial charge is 0.0179 e. The van der Waals surface area contributed by atoms with Crippen molar-refractivity contribution in [2.75, 3.05) is 19.6 Å². The van der Waals surface area contributed by atoms with E-state index in [1.54, 1.807) is 0 Å². The number of benzene rings is 1. The minimum Gasteiger partial charge on any atom is -0.316 e. The van der Waals surface area contributed by atoms with Crippen LogP contribution >= 0.6 is 0 Å². The highest BCUT2D eigenvalue weighted by Crippen LogP contribution is 2.40. The number of piperidine rings is 3. The summed E-state index contributed by atoms with van der Waals surface area (Å²) in [5.41, 5.74) is 1.52. The summed E-state index contributed by atoms with van der Waals surface area (Å²) >= 11 is 0. The second-order valence-corrected chi connectivity index (χ2v) is 6.97. The summed E-state index contributed by atoms with van der Waals surface area (Å²) in [5.74, 6) is 1.78. The van der Waals surface area contributed by atoms with E-state index in [-0.39, 0.29) is 0 Å². The van der Waals surface area contributed by atoms with E-state index >= 15 is 0 Å². The molecule has 1 aromatic rings. The first-order chi connectivity index (χ1) is 9.92. The van der Waals surface area contributed by atoms with Crippen molar-refractivity contribution in [3.63, 3.8) is 0 Å². The predicted octanol–water partition coefficient (Wildman–Crippen LogP) is 2.69. The largest absolute Gasteiger partial charge is 0.316 e. The van der Waals surface area contributed by atoms with Crippen molar-refractivity contribution in [2.24, 2.45) is 11.8 Å². The van der Waals surface area contributed by atoms with Crippen LogP contribution in [-0.2, 0) is 6.42 Å². The highest BCUT2D eigenvalue weighted by Gasteiger charge is 2.44. The van der Waals surface area contributed by atoms with Gasteiger partial charge in [-0.3, -0.25) is 4.90 Å². The third-order valence-corrected chi connectivity index (χ3v) is 5.81. The van der Waals surface area contributed by atoms with Crippen molar-refractivity contribution in [1.29, 1.82) is 0 Å². The lowest BCUT2D eigenvalue weighted by Crippen LogP contribution is -2.63. The van der Waals surface area contributed by atoms with E-state index in [1.165, 1.54) is 57.3 Å². The van der Waals surface area contributed by atoms with Gasteiger partial charge in [0.15, 0.2) is 0 Å². The molecule has 1 N–H and O–H groups in total. The van der Waals surface area contributed by atoms with Crippen LogP contribution in [0.4, 0.5) is 0 Å². The fourth-order valence-corrected chi connectivity index (χ4v) is 4.90. The van der Waals surface area contributed by atoms with Gasteiger partial charge in [-0.2, -0.15) is 0 Å². The second-order valence-electron chi connectivity index (χ2n) is 6.97. The van der Waals surface area contributed by atoms with E-state index < -0.39 is 0 Å². The normalized spacial score (nSPS) is 37.4. The molecule has 3 fully saturated rings. The van der Waals surface area contributed by atoms with Crippen molar-refractivity contribution >= 4 is 0 Å². The predicted molar refractivity (Wildman–Crippen MR) is 82.7 cm³/mol. The van der Waals surface area contributed by atoms with Crippen molar-refractivity contribution in [1.82, 2.24) is 10.2 Å². The summed E-state index contributed by atoms with van der Waals surface area (Å²) in [6, 6.07) is 12.8. The Bertz CT molecular complexity index is 444. The second kappa shape index (κ2) is 5.50. The van der Waals surface area contributed by atoms with Crippen LogP contribution in [0.5, 0.6) is 0 Å². The van der Waals surface area contributed by atoms with Crippen LogP contribution in [0.1, 0.15) is 31.2 Å². The molecule has 3 aliphatic rings. The molecule has 4 rings (SSSR count). The molecule has 108 valence electrons. The Balaban J connectivity index is 1.58. The zero-order valence-corrected chi connectivity index (χ0v) is 12.3. The molecule has 0 aromatic heterocycles. The maximum atomic E-state index is 3.71. The molecule has 20 heavy (non-hydrogen) atoms. The number of rotatable bonds is 2. The van der Waals surface area contributed by atoms with Gasteiger partial charge in [-0.05, 0) is 62.7 Å². The molecule has 4 atom stereocenters. The molecule has 0 saturated carbocycles. The summed E-state index contributed by atoms with van der Waals surface area (Å²) in [7, 11) is 0. The van der Waals surface area contributed by atoms with Gasteiger partial charge in [-0.1, -0.05) is 36.8 Å². The van der Waals surface area contributed by atoms with Gasteiger partial charge in [-0.25, -0.2) is 0 Å². The Morgan fingerprint density at radius 3 is 2.80 bits per heavy atom. The van der Waals surface area contributed by atoms with Crippen LogP contribution in [0.2, 0.25) is 0 Å². The van der Waals surface area contributed by atoms with Crippen LogP contribution in [0.25, 0.3) is 0 Å². The summed E-state index contributed by atoms with van der Waals surface area (Å²) in [4.78, 5) is 2.90. The number of nitrogens with zero attached hydrogens (tertiary/aromatic N) is 1. The Labute approximate surface area is 122 Å². The molecule has 1 aromatic carbocycles. The fraction of sp³-hybridized carbons (Fsp3) is 0.667. The molecule has 0 radical (unpaired) electrons. The third kappa shape index (κ3) is 2.29. The van der Waals surface area contributed by atoms with E-state index in [2.05, 4.69) is 40.5 Å². The highest BCUT2D eigenvalue weighted by atomic mass is 15.2. The van der Waals surface area contributed by atoms with Gasteiger partial charge in [0.05, 0.1) is 0 Å². The van der Waals surface area contributed by atoms with Crippen LogP contribution in [0.15, 0.2) is 30.3 Å². The third-order valence-electron chi connectivity index (χ3n) is 5.81. The van der Waals surface area contributed by atoms with Gasteiger partial charge >= 0.3 is 0 Å². The Hall–Kier alpha value is -0.860. The fourth-order valence-electron chi connectivity index (χ4n) is 4.90. The van der Waals surface area contributed by atoms with Crippen molar-refractivity contribution in [3.05, 3.63) is 35.9 Å². The minimum atomic E-state index is 0.770. The molecule has 2 nitrogen and oxygen atoms in total. The summed E-state index contributed by atoms with van der Waals surface area (Å²) in [6.45, 7) is 3.84. The molecule has 3 heterocycles. The molecule has 0 unspecified atom stereocenters. The minimum absolute atomic E-state index is 0.770. The number of hydrogen-bond acceptors (Lipinski definition) is 2. The quantitative estimate of drug-likeness (QED) is 0.889. The lowest BCUT2D eigenvalue weighted by Gasteiger charge is -2.55. The standard InChI is InChI=1S/C18H26N2/c1-2-6-14(7-3-1)10-18-16-11-15(12-19-13-16)17-8-4-5-9-20(17)18/h1-3,6-7,15-19H,4-5,8-13H2/t15-,16+,17+,18+/m1/s1. The van der Waals surface area contributed by atoms with E-state index in [4.69, 9.17) is 0 Å². The maximum absolute atomic E-state index is 3.71. The van der Waals surface area contributed by atoms with Crippen LogP contribution in [0.3, 0.4) is 0 Å². The van der Waals surface area contributed by atoms with E-state index in [0.717, 1.165) is 23.9 Å². The summed E-state index contributed by atoms with van der Waals surface area (Å²) in [5, 5.41) is 3.71. The summed E-state index contributed by atoms with van der Waals surface area (Å²) in [6.07, 6.45) is 7.00. The molecule has 3 aliphatic heterocycles. The van der Waals surface area contributed by atoms with Gasteiger partial charge in [0.25, 0.3) is 0 Å². The SMILES string of the molecule is c1ccc(C[C@H]2[C@@H]3CNC[C@@H](C3)[C@@H]3CCCCN32)cc1. The maximum Gasteiger partial charge on any atom is 0.0179 e. The molecule has 2 heteroatoms. The molecular weight excluding hydrogens is 244 g/mol. The summed E-state index contributed by atoms with van der Waals surface area (Å²) < 4.78 is 0. The van der Waals surface area contributed by atoms with Crippen molar-refractivity contribution in [2.45, 2.75) is 44.2 Å². The number of hydrogen-bond donors (Lipinski definition) is 1. The highest BCUT2D eigenvalue weighted by molar-refractivity contribution is 5.17. The van der Waals surface area contributed by atoms with Crippen LogP contribution in [-0.4, -0.2) is 36.6 Å². The lowest BCUT2D eigenvalue weighted by atomic mass is 9.71. The van der Waals surface area contributed by atoms with Crippen LogP contribution in [0, 0.1) is 11.8 Å². The molecule has 0 aliphatic carbocycles. The average molecular weight is 270 g/mol. The molecule has 0 spiro atoms. The Kier molecular flexibility index (Phi) is 3.53. The van der Waals surface area contributed by atoms with Crippen molar-refractivity contribution in [3.8, 4) is 0 Å². The molecule has 2 bridgehead atoms. The number of fused-ring (bicyclic) bond motifs is 4. The van der Waals surface area contributed by atoms with E-state index in [1.807, 2.05) is 0 Å². The van der Waals surface area contributed by atoms with Crippen molar-refractivity contribution < 1.29 is 0 Å². The van der Waals surface area contributed by atoms with E-state index in [9.17, 15) is 0 Å². The van der Waals surface area contributed by atoms with Crippen LogP contribution < -0.4 is 5.32 Å². The first-order valence-electron chi connectivity index (χ1n) is 8.42. The zero-order valence-electron chi connectivity index (χ0n) is 12.3. The van der Waals surface area contributed by atoms with Gasteiger partial charge < -0.3 is 5.32 Å². The zero-order chi connectivity index (χ0) is 13.4. The van der Waals surface area contributed by atoms with Gasteiger partial charge in [0, 0.05) is 12.1 Å². The Morgan fingerprint density at radius 2 is 1.90 bits per heavy atom. The average Bonchev–Trinajstić information content (AvgIpc) is 2.53.